The molecule has 1 aromatic rings. The summed E-state index contributed by atoms with van der Waals surface area (Å²) >= 11 is 0. The Labute approximate surface area is 104 Å². The van der Waals surface area contributed by atoms with E-state index < -0.39 is 0 Å². The van der Waals surface area contributed by atoms with Crippen LogP contribution in [0.3, 0.4) is 0 Å². The molecule has 0 saturated carbocycles. The van der Waals surface area contributed by atoms with Gasteiger partial charge in [0.2, 0.25) is 0 Å². The van der Waals surface area contributed by atoms with Gasteiger partial charge < -0.3 is 9.47 Å². The number of hydrogen-bond acceptors (Lipinski definition) is 2. The molecule has 0 atom stereocenters. The first kappa shape index (κ1) is 13.6. The highest BCUT2D eigenvalue weighted by Crippen LogP contribution is 2.38. The van der Waals surface area contributed by atoms with Crippen LogP contribution < -0.4 is 9.47 Å². The zero-order chi connectivity index (χ0) is 13.0. The Morgan fingerprint density at radius 1 is 0.941 bits per heavy atom. The van der Waals surface area contributed by atoms with Gasteiger partial charge in [-0.2, -0.15) is 0 Å². The Bertz CT molecular complexity index is 420. The zero-order valence-corrected chi connectivity index (χ0v) is 11.5. The molecule has 0 aliphatic rings. The lowest BCUT2D eigenvalue weighted by molar-refractivity contribution is 0.390. The van der Waals surface area contributed by atoms with Crippen LogP contribution in [0, 0.1) is 20.8 Å². The second-order valence-corrected chi connectivity index (χ2v) is 4.25. The minimum Gasteiger partial charge on any atom is -0.496 e. The third-order valence-electron chi connectivity index (χ3n) is 3.32. The molecule has 0 aliphatic heterocycles. The maximum absolute atomic E-state index is 5.54. The minimum atomic E-state index is 0.940. The van der Waals surface area contributed by atoms with Crippen LogP contribution >= 0.6 is 0 Å². The van der Waals surface area contributed by atoms with Crippen LogP contribution in [0.1, 0.15) is 28.7 Å². The Morgan fingerprint density at radius 2 is 1.47 bits per heavy atom. The van der Waals surface area contributed by atoms with E-state index in [2.05, 4.69) is 27.4 Å². The topological polar surface area (TPSA) is 18.5 Å². The van der Waals surface area contributed by atoms with Crippen molar-refractivity contribution in [1.82, 2.24) is 0 Å². The molecule has 0 spiro atoms. The van der Waals surface area contributed by atoms with Crippen molar-refractivity contribution in [2.24, 2.45) is 0 Å². The van der Waals surface area contributed by atoms with Gasteiger partial charge in [0.1, 0.15) is 11.5 Å². The molecule has 0 amide bonds. The van der Waals surface area contributed by atoms with Gasteiger partial charge in [0.15, 0.2) is 0 Å². The summed E-state index contributed by atoms with van der Waals surface area (Å²) in [7, 11) is 3.45. The summed E-state index contributed by atoms with van der Waals surface area (Å²) in [6.45, 7) is 10.0. The third-order valence-corrected chi connectivity index (χ3v) is 3.32. The number of allylic oxidation sites excluding steroid dienone is 1. The average molecular weight is 234 g/mol. The lowest BCUT2D eigenvalue weighted by atomic mass is 9.94. The van der Waals surface area contributed by atoms with Gasteiger partial charge in [0.25, 0.3) is 0 Å². The highest BCUT2D eigenvalue weighted by atomic mass is 16.5. The molecule has 0 fully saturated rings. The van der Waals surface area contributed by atoms with Crippen molar-refractivity contribution in [3.05, 3.63) is 34.9 Å². The molecule has 0 aromatic heterocycles. The van der Waals surface area contributed by atoms with Gasteiger partial charge >= 0.3 is 0 Å². The Hall–Kier alpha value is -1.44. The van der Waals surface area contributed by atoms with Crippen molar-refractivity contribution in [2.75, 3.05) is 14.2 Å². The molecular weight excluding hydrogens is 212 g/mol. The summed E-state index contributed by atoms with van der Waals surface area (Å²) in [5.41, 5.74) is 4.72. The van der Waals surface area contributed by atoms with Crippen molar-refractivity contribution in [1.29, 1.82) is 0 Å². The zero-order valence-electron chi connectivity index (χ0n) is 11.5. The largest absolute Gasteiger partial charge is 0.496 e. The summed E-state index contributed by atoms with van der Waals surface area (Å²) in [6.07, 6.45) is 3.82. The number of rotatable bonds is 5. The van der Waals surface area contributed by atoms with E-state index in [1.54, 1.807) is 14.2 Å². The van der Waals surface area contributed by atoms with Gasteiger partial charge in [-0.15, -0.1) is 6.58 Å². The van der Waals surface area contributed by atoms with E-state index in [0.717, 1.165) is 35.5 Å². The van der Waals surface area contributed by atoms with Crippen LogP contribution in [0.15, 0.2) is 12.7 Å². The molecular formula is C15H22O2. The van der Waals surface area contributed by atoms with E-state index >= 15 is 0 Å². The Kier molecular flexibility index (Phi) is 4.62. The van der Waals surface area contributed by atoms with Crippen LogP contribution in [0.25, 0.3) is 0 Å². The van der Waals surface area contributed by atoms with Crippen LogP contribution in [-0.2, 0) is 6.42 Å². The highest BCUT2D eigenvalue weighted by molar-refractivity contribution is 5.58. The SMILES string of the molecule is C=CCCc1c(C)c(OC)c(C)c(C)c1OC. The molecule has 0 unspecified atom stereocenters. The predicted molar refractivity (Wildman–Crippen MR) is 72.3 cm³/mol. The average Bonchev–Trinajstić information content (AvgIpc) is 2.33. The van der Waals surface area contributed by atoms with Crippen molar-refractivity contribution in [2.45, 2.75) is 33.6 Å². The molecule has 1 rings (SSSR count). The summed E-state index contributed by atoms with van der Waals surface area (Å²) in [4.78, 5) is 0. The van der Waals surface area contributed by atoms with Crippen LogP contribution in [0.5, 0.6) is 11.5 Å². The molecule has 0 radical (unpaired) electrons. The lowest BCUT2D eigenvalue weighted by Gasteiger charge is -2.20. The molecule has 2 nitrogen and oxygen atoms in total. The number of hydrogen-bond donors (Lipinski definition) is 0. The fourth-order valence-electron chi connectivity index (χ4n) is 2.29. The lowest BCUT2D eigenvalue weighted by Crippen LogP contribution is -2.03. The monoisotopic (exact) mass is 234 g/mol. The number of methoxy groups -OCH3 is 2. The molecule has 0 aliphatic carbocycles. The van der Waals surface area contributed by atoms with Crippen LogP contribution in [0.2, 0.25) is 0 Å². The van der Waals surface area contributed by atoms with E-state index in [9.17, 15) is 0 Å². The molecule has 94 valence electrons. The Morgan fingerprint density at radius 3 is 1.94 bits per heavy atom. The first-order valence-corrected chi connectivity index (χ1v) is 5.89. The van der Waals surface area contributed by atoms with E-state index in [4.69, 9.17) is 9.47 Å². The van der Waals surface area contributed by atoms with Gasteiger partial charge in [-0.05, 0) is 50.3 Å². The normalized spacial score (nSPS) is 10.2. The van der Waals surface area contributed by atoms with Crippen molar-refractivity contribution >= 4 is 0 Å². The van der Waals surface area contributed by atoms with Gasteiger partial charge in [-0.1, -0.05) is 6.08 Å². The van der Waals surface area contributed by atoms with E-state index in [1.165, 1.54) is 11.1 Å². The van der Waals surface area contributed by atoms with E-state index in [0.29, 0.717) is 0 Å². The smallest absolute Gasteiger partial charge is 0.125 e. The molecule has 0 saturated heterocycles. The van der Waals surface area contributed by atoms with Crippen LogP contribution in [0.4, 0.5) is 0 Å². The second kappa shape index (κ2) is 5.76. The third kappa shape index (κ3) is 2.46. The molecule has 0 bridgehead atoms. The molecule has 0 N–H and O–H groups in total. The Balaban J connectivity index is 3.43. The predicted octanol–water partition coefficient (Wildman–Crippen LogP) is 3.75. The fourth-order valence-corrected chi connectivity index (χ4v) is 2.29. The first-order valence-electron chi connectivity index (χ1n) is 5.89. The van der Waals surface area contributed by atoms with Gasteiger partial charge in [0.05, 0.1) is 14.2 Å². The van der Waals surface area contributed by atoms with Gasteiger partial charge in [-0.25, -0.2) is 0 Å². The first-order chi connectivity index (χ1) is 8.08. The second-order valence-electron chi connectivity index (χ2n) is 4.25. The van der Waals surface area contributed by atoms with E-state index in [-0.39, 0.29) is 0 Å². The highest BCUT2D eigenvalue weighted by Gasteiger charge is 2.17. The minimum absolute atomic E-state index is 0.940. The van der Waals surface area contributed by atoms with Crippen LogP contribution in [-0.4, -0.2) is 14.2 Å². The van der Waals surface area contributed by atoms with Crippen molar-refractivity contribution in [3.63, 3.8) is 0 Å². The van der Waals surface area contributed by atoms with Gasteiger partial charge in [-0.3, -0.25) is 0 Å². The fraction of sp³-hybridized carbons (Fsp3) is 0.467. The molecule has 1 aromatic carbocycles. The standard InChI is InChI=1S/C15H22O2/c1-7-8-9-13-12(4)14(16-5)10(2)11(3)15(13)17-6/h7H,1,8-9H2,2-6H3. The molecule has 17 heavy (non-hydrogen) atoms. The summed E-state index contributed by atoms with van der Waals surface area (Å²) < 4.78 is 11.0. The quantitative estimate of drug-likeness (QED) is 0.722. The van der Waals surface area contributed by atoms with Crippen molar-refractivity contribution in [3.8, 4) is 11.5 Å². The van der Waals surface area contributed by atoms with Gasteiger partial charge in [0, 0.05) is 5.56 Å². The molecule has 0 heterocycles. The van der Waals surface area contributed by atoms with E-state index in [1.807, 2.05) is 6.08 Å². The number of ether oxygens (including phenoxy) is 2. The summed E-state index contributed by atoms with van der Waals surface area (Å²) in [6, 6.07) is 0. The number of benzene rings is 1. The summed E-state index contributed by atoms with van der Waals surface area (Å²) in [5, 5.41) is 0. The van der Waals surface area contributed by atoms with Crippen molar-refractivity contribution < 1.29 is 9.47 Å². The maximum atomic E-state index is 5.54. The molecule has 2 heteroatoms. The summed E-state index contributed by atoms with van der Waals surface area (Å²) in [5.74, 6) is 1.96. The maximum Gasteiger partial charge on any atom is 0.125 e.